The standard InChI is InChI=1S/C20H23N5O3S2/c26-16(21-14-6-4-5-7-14)12-29-20-24-23-19(30-20)22-18(28)13-10-17(27)25(11-13)15-8-2-1-3-9-15/h1-3,8-9,13-14H,4-7,10-12H2,(H,21,26)(H,22,23,28)/t13-/m1/s1. The molecule has 0 spiro atoms. The summed E-state index contributed by atoms with van der Waals surface area (Å²) >= 11 is 2.54. The quantitative estimate of drug-likeness (QED) is 0.502. The van der Waals surface area contributed by atoms with Crippen LogP contribution in [0.2, 0.25) is 0 Å². The van der Waals surface area contributed by atoms with Crippen LogP contribution >= 0.6 is 23.1 Å². The van der Waals surface area contributed by atoms with E-state index in [-0.39, 0.29) is 29.9 Å². The first-order valence-electron chi connectivity index (χ1n) is 10.0. The summed E-state index contributed by atoms with van der Waals surface area (Å²) in [5, 5.41) is 14.2. The average Bonchev–Trinajstić information content (AvgIpc) is 3.49. The van der Waals surface area contributed by atoms with E-state index in [0.29, 0.717) is 22.1 Å². The van der Waals surface area contributed by atoms with Gasteiger partial charge >= 0.3 is 0 Å². The molecular formula is C20H23N5O3S2. The number of rotatable bonds is 7. The van der Waals surface area contributed by atoms with Crippen LogP contribution in [0.3, 0.4) is 0 Å². The Bertz CT molecular complexity index is 914. The fraction of sp³-hybridized carbons (Fsp3) is 0.450. The van der Waals surface area contributed by atoms with E-state index < -0.39 is 5.92 Å². The zero-order valence-electron chi connectivity index (χ0n) is 16.4. The van der Waals surface area contributed by atoms with Gasteiger partial charge in [0.25, 0.3) is 0 Å². The minimum Gasteiger partial charge on any atom is -0.353 e. The first kappa shape index (κ1) is 20.8. The van der Waals surface area contributed by atoms with Crippen LogP contribution in [0.4, 0.5) is 10.8 Å². The topological polar surface area (TPSA) is 104 Å². The van der Waals surface area contributed by atoms with Gasteiger partial charge in [0.2, 0.25) is 22.9 Å². The third-order valence-electron chi connectivity index (χ3n) is 5.25. The normalized spacial score (nSPS) is 19.3. The maximum atomic E-state index is 12.6. The lowest BCUT2D eigenvalue weighted by Gasteiger charge is -2.16. The number of thioether (sulfide) groups is 1. The first-order chi connectivity index (χ1) is 14.6. The molecule has 1 aromatic heterocycles. The molecule has 0 bridgehead atoms. The molecule has 2 aromatic rings. The average molecular weight is 446 g/mol. The first-order valence-corrected chi connectivity index (χ1v) is 11.8. The number of hydrogen-bond donors (Lipinski definition) is 2. The summed E-state index contributed by atoms with van der Waals surface area (Å²) < 4.78 is 0.625. The molecule has 10 heteroatoms. The van der Waals surface area contributed by atoms with Gasteiger partial charge in [-0.05, 0) is 25.0 Å². The van der Waals surface area contributed by atoms with Crippen LogP contribution in [0.5, 0.6) is 0 Å². The van der Waals surface area contributed by atoms with Crippen molar-refractivity contribution in [3.8, 4) is 0 Å². The van der Waals surface area contributed by atoms with Gasteiger partial charge in [-0.15, -0.1) is 10.2 Å². The van der Waals surface area contributed by atoms with Crippen molar-refractivity contribution in [2.24, 2.45) is 5.92 Å². The minimum absolute atomic E-state index is 0.00171. The van der Waals surface area contributed by atoms with E-state index in [1.165, 1.54) is 35.9 Å². The van der Waals surface area contributed by atoms with Crippen molar-refractivity contribution in [3.05, 3.63) is 30.3 Å². The summed E-state index contributed by atoms with van der Waals surface area (Å²) in [5.74, 6) is -0.466. The monoisotopic (exact) mass is 445 g/mol. The van der Waals surface area contributed by atoms with Crippen molar-refractivity contribution in [1.82, 2.24) is 15.5 Å². The molecule has 1 aromatic carbocycles. The molecule has 1 aliphatic carbocycles. The largest absolute Gasteiger partial charge is 0.353 e. The Morgan fingerprint density at radius 2 is 1.93 bits per heavy atom. The molecule has 1 aliphatic heterocycles. The highest BCUT2D eigenvalue weighted by Crippen LogP contribution is 2.28. The second-order valence-corrected chi connectivity index (χ2v) is 9.64. The number of amides is 3. The van der Waals surface area contributed by atoms with Crippen molar-refractivity contribution in [1.29, 1.82) is 0 Å². The predicted octanol–water partition coefficient (Wildman–Crippen LogP) is 2.68. The van der Waals surface area contributed by atoms with Crippen LogP contribution in [0.1, 0.15) is 32.1 Å². The predicted molar refractivity (Wildman–Crippen MR) is 117 cm³/mol. The molecule has 1 saturated carbocycles. The van der Waals surface area contributed by atoms with Gasteiger partial charge in [-0.3, -0.25) is 14.4 Å². The van der Waals surface area contributed by atoms with Gasteiger partial charge in [0.1, 0.15) is 0 Å². The molecule has 1 saturated heterocycles. The number of nitrogens with one attached hydrogen (secondary N) is 2. The Labute approximate surface area is 182 Å². The molecule has 1 atom stereocenters. The number of para-hydroxylation sites is 1. The van der Waals surface area contributed by atoms with Gasteiger partial charge < -0.3 is 15.5 Å². The fourth-order valence-electron chi connectivity index (χ4n) is 3.73. The molecule has 2 fully saturated rings. The van der Waals surface area contributed by atoms with Crippen LogP contribution in [0.15, 0.2) is 34.7 Å². The Morgan fingerprint density at radius 3 is 2.70 bits per heavy atom. The van der Waals surface area contributed by atoms with Crippen LogP contribution in [0.25, 0.3) is 0 Å². The van der Waals surface area contributed by atoms with Gasteiger partial charge in [0.05, 0.1) is 11.7 Å². The highest BCUT2D eigenvalue weighted by atomic mass is 32.2. The number of benzene rings is 1. The van der Waals surface area contributed by atoms with Crippen molar-refractivity contribution in [2.75, 3.05) is 22.5 Å². The van der Waals surface area contributed by atoms with E-state index in [9.17, 15) is 14.4 Å². The SMILES string of the molecule is O=C(CSc1nnc(NC(=O)[C@@H]2CC(=O)N(c3ccccc3)C2)s1)NC1CCCC1. The Balaban J connectivity index is 1.26. The van der Waals surface area contributed by atoms with E-state index in [0.717, 1.165) is 18.5 Å². The van der Waals surface area contributed by atoms with Gasteiger partial charge in [0, 0.05) is 24.7 Å². The van der Waals surface area contributed by atoms with Crippen molar-refractivity contribution < 1.29 is 14.4 Å². The molecule has 2 aliphatic rings. The molecule has 30 heavy (non-hydrogen) atoms. The Kier molecular flexibility index (Phi) is 6.63. The smallest absolute Gasteiger partial charge is 0.231 e. The second-order valence-electron chi connectivity index (χ2n) is 7.44. The van der Waals surface area contributed by atoms with Crippen LogP contribution in [0, 0.1) is 5.92 Å². The van der Waals surface area contributed by atoms with Gasteiger partial charge in [-0.25, -0.2) is 0 Å². The van der Waals surface area contributed by atoms with Gasteiger partial charge in [-0.1, -0.05) is 54.1 Å². The molecule has 0 radical (unpaired) electrons. The zero-order chi connectivity index (χ0) is 20.9. The molecular weight excluding hydrogens is 422 g/mol. The van der Waals surface area contributed by atoms with Crippen LogP contribution < -0.4 is 15.5 Å². The summed E-state index contributed by atoms with van der Waals surface area (Å²) in [6, 6.07) is 9.63. The Morgan fingerprint density at radius 1 is 1.17 bits per heavy atom. The number of carbonyl (C=O) groups is 3. The maximum absolute atomic E-state index is 12.6. The summed E-state index contributed by atoms with van der Waals surface area (Å²) in [7, 11) is 0. The van der Waals surface area contributed by atoms with Crippen molar-refractivity contribution in [3.63, 3.8) is 0 Å². The van der Waals surface area contributed by atoms with Crippen molar-refractivity contribution in [2.45, 2.75) is 42.5 Å². The van der Waals surface area contributed by atoms with E-state index in [4.69, 9.17) is 0 Å². The molecule has 2 N–H and O–H groups in total. The number of anilines is 2. The molecule has 4 rings (SSSR count). The molecule has 0 unspecified atom stereocenters. The van der Waals surface area contributed by atoms with Crippen molar-refractivity contribution >= 4 is 51.6 Å². The lowest BCUT2D eigenvalue weighted by atomic mass is 10.1. The zero-order valence-corrected chi connectivity index (χ0v) is 18.0. The second kappa shape index (κ2) is 9.57. The maximum Gasteiger partial charge on any atom is 0.231 e. The summed E-state index contributed by atoms with van der Waals surface area (Å²) in [6.07, 6.45) is 4.62. The molecule has 8 nitrogen and oxygen atoms in total. The van der Waals surface area contributed by atoms with Gasteiger partial charge in [0.15, 0.2) is 4.34 Å². The third-order valence-corrected chi connectivity index (χ3v) is 7.22. The third kappa shape index (κ3) is 5.17. The van der Waals surface area contributed by atoms with E-state index in [1.807, 2.05) is 30.3 Å². The van der Waals surface area contributed by atoms with E-state index in [2.05, 4.69) is 20.8 Å². The number of carbonyl (C=O) groups excluding carboxylic acids is 3. The van der Waals surface area contributed by atoms with Crippen LogP contribution in [-0.4, -0.2) is 46.3 Å². The lowest BCUT2D eigenvalue weighted by Crippen LogP contribution is -2.33. The highest BCUT2D eigenvalue weighted by molar-refractivity contribution is 8.01. The number of hydrogen-bond acceptors (Lipinski definition) is 7. The molecule has 2 heterocycles. The fourth-order valence-corrected chi connectivity index (χ4v) is 5.30. The number of nitrogens with zero attached hydrogens (tertiary/aromatic N) is 3. The molecule has 3 amide bonds. The summed E-state index contributed by atoms with van der Waals surface area (Å²) in [5.41, 5.74) is 0.795. The summed E-state index contributed by atoms with van der Waals surface area (Å²) in [6.45, 7) is 0.344. The number of aromatic nitrogens is 2. The van der Waals surface area contributed by atoms with E-state index >= 15 is 0 Å². The van der Waals surface area contributed by atoms with E-state index in [1.54, 1.807) is 4.90 Å². The van der Waals surface area contributed by atoms with Gasteiger partial charge in [-0.2, -0.15) is 0 Å². The van der Waals surface area contributed by atoms with Crippen LogP contribution in [-0.2, 0) is 14.4 Å². The molecule has 158 valence electrons. The minimum atomic E-state index is -0.435. The Hall–Kier alpha value is -2.46. The lowest BCUT2D eigenvalue weighted by molar-refractivity contribution is -0.122. The summed E-state index contributed by atoms with van der Waals surface area (Å²) in [4.78, 5) is 38.5. The highest BCUT2D eigenvalue weighted by Gasteiger charge is 2.35.